The topological polar surface area (TPSA) is 23.8 Å². The highest BCUT2D eigenvalue weighted by atomic mass is 19.1. The lowest BCUT2D eigenvalue weighted by molar-refractivity contribution is 0.623. The van der Waals surface area contributed by atoms with Crippen LogP contribution in [0.1, 0.15) is 25.0 Å². The summed E-state index contributed by atoms with van der Waals surface area (Å²) in [5.41, 5.74) is 1.79. The van der Waals surface area contributed by atoms with Gasteiger partial charge in [-0.25, -0.2) is 4.39 Å². The van der Waals surface area contributed by atoms with Crippen molar-refractivity contribution in [1.29, 1.82) is 5.26 Å². The van der Waals surface area contributed by atoms with Crippen LogP contribution in [-0.2, 0) is 0 Å². The lowest BCUT2D eigenvalue weighted by atomic mass is 10.0. The highest BCUT2D eigenvalue weighted by molar-refractivity contribution is 5.64. The summed E-state index contributed by atoms with van der Waals surface area (Å²) >= 11 is 0. The SMILES string of the molecule is CC=C(C)c1ccc(C#N)cc1F. The van der Waals surface area contributed by atoms with Crippen LogP contribution in [0.3, 0.4) is 0 Å². The van der Waals surface area contributed by atoms with Gasteiger partial charge in [0, 0.05) is 5.56 Å². The maximum atomic E-state index is 13.3. The van der Waals surface area contributed by atoms with E-state index in [1.807, 2.05) is 26.0 Å². The van der Waals surface area contributed by atoms with Crippen LogP contribution in [0.25, 0.3) is 5.57 Å². The fraction of sp³-hybridized carbons (Fsp3) is 0.182. The molecular formula is C11H10FN. The number of benzene rings is 1. The van der Waals surface area contributed by atoms with E-state index in [1.165, 1.54) is 6.07 Å². The van der Waals surface area contributed by atoms with Crippen molar-refractivity contribution < 1.29 is 4.39 Å². The molecule has 0 unspecified atom stereocenters. The average Bonchev–Trinajstić information content (AvgIpc) is 2.16. The monoisotopic (exact) mass is 175 g/mol. The van der Waals surface area contributed by atoms with Crippen molar-refractivity contribution in [1.82, 2.24) is 0 Å². The van der Waals surface area contributed by atoms with Gasteiger partial charge in [-0.3, -0.25) is 0 Å². The van der Waals surface area contributed by atoms with Crippen molar-refractivity contribution in [2.24, 2.45) is 0 Å². The standard InChI is InChI=1S/C11H10FN/c1-3-8(2)10-5-4-9(7-13)6-11(10)12/h3-6H,1-2H3. The number of allylic oxidation sites excluding steroid dienone is 2. The van der Waals surface area contributed by atoms with Crippen LogP contribution < -0.4 is 0 Å². The van der Waals surface area contributed by atoms with Crippen LogP contribution in [0.2, 0.25) is 0 Å². The second-order valence-corrected chi connectivity index (χ2v) is 2.78. The molecule has 0 saturated heterocycles. The van der Waals surface area contributed by atoms with Gasteiger partial charge in [-0.1, -0.05) is 12.1 Å². The van der Waals surface area contributed by atoms with Gasteiger partial charge in [0.1, 0.15) is 5.82 Å². The zero-order valence-corrected chi connectivity index (χ0v) is 7.63. The van der Waals surface area contributed by atoms with Crippen LogP contribution in [0.4, 0.5) is 4.39 Å². The largest absolute Gasteiger partial charge is 0.206 e. The molecule has 0 saturated carbocycles. The van der Waals surface area contributed by atoms with Gasteiger partial charge in [0.2, 0.25) is 0 Å². The van der Waals surface area contributed by atoms with E-state index in [9.17, 15) is 4.39 Å². The summed E-state index contributed by atoms with van der Waals surface area (Å²) in [6.07, 6.45) is 1.84. The van der Waals surface area contributed by atoms with E-state index < -0.39 is 0 Å². The maximum absolute atomic E-state index is 13.3. The first-order chi connectivity index (χ1) is 6.19. The highest BCUT2D eigenvalue weighted by Crippen LogP contribution is 2.18. The van der Waals surface area contributed by atoms with E-state index in [1.54, 1.807) is 12.1 Å². The third-order valence-corrected chi connectivity index (χ3v) is 1.96. The summed E-state index contributed by atoms with van der Waals surface area (Å²) in [6.45, 7) is 3.69. The molecule has 0 fully saturated rings. The van der Waals surface area contributed by atoms with Gasteiger partial charge in [-0.2, -0.15) is 5.26 Å². The van der Waals surface area contributed by atoms with Gasteiger partial charge in [0.05, 0.1) is 11.6 Å². The molecule has 1 aromatic carbocycles. The minimum absolute atomic E-state index is 0.338. The zero-order valence-electron chi connectivity index (χ0n) is 7.63. The number of nitriles is 1. The molecule has 66 valence electrons. The molecule has 1 aromatic rings. The molecule has 1 nitrogen and oxygen atoms in total. The van der Waals surface area contributed by atoms with E-state index in [0.717, 1.165) is 5.57 Å². The van der Waals surface area contributed by atoms with Gasteiger partial charge in [0.25, 0.3) is 0 Å². The number of rotatable bonds is 1. The number of hydrogen-bond donors (Lipinski definition) is 0. The lowest BCUT2D eigenvalue weighted by Gasteiger charge is -2.02. The van der Waals surface area contributed by atoms with E-state index >= 15 is 0 Å². The summed E-state index contributed by atoms with van der Waals surface area (Å²) in [6, 6.07) is 6.39. The number of hydrogen-bond acceptors (Lipinski definition) is 1. The Morgan fingerprint density at radius 1 is 1.54 bits per heavy atom. The first-order valence-corrected chi connectivity index (χ1v) is 4.02. The molecule has 0 aliphatic rings. The fourth-order valence-corrected chi connectivity index (χ4v) is 1.06. The van der Waals surface area contributed by atoms with Gasteiger partial charge in [0.15, 0.2) is 0 Å². The van der Waals surface area contributed by atoms with Crippen LogP contribution in [0.5, 0.6) is 0 Å². The molecule has 0 radical (unpaired) electrons. The molecule has 13 heavy (non-hydrogen) atoms. The van der Waals surface area contributed by atoms with Crippen molar-refractivity contribution in [3.05, 3.63) is 41.2 Å². The third kappa shape index (κ3) is 1.94. The molecule has 0 heterocycles. The molecule has 0 atom stereocenters. The second-order valence-electron chi connectivity index (χ2n) is 2.78. The molecule has 1 rings (SSSR count). The molecule has 0 aliphatic heterocycles. The number of halogens is 1. The molecule has 0 aliphatic carbocycles. The van der Waals surface area contributed by atoms with E-state index in [2.05, 4.69) is 0 Å². The van der Waals surface area contributed by atoms with Gasteiger partial charge >= 0.3 is 0 Å². The smallest absolute Gasteiger partial charge is 0.131 e. The quantitative estimate of drug-likeness (QED) is 0.643. The summed E-state index contributed by atoms with van der Waals surface area (Å²) in [5.74, 6) is -0.338. The van der Waals surface area contributed by atoms with Crippen molar-refractivity contribution in [3.63, 3.8) is 0 Å². The Bertz CT molecular complexity index is 386. The summed E-state index contributed by atoms with van der Waals surface area (Å²) in [4.78, 5) is 0. The van der Waals surface area contributed by atoms with Gasteiger partial charge in [-0.15, -0.1) is 0 Å². The van der Waals surface area contributed by atoms with Crippen molar-refractivity contribution in [2.45, 2.75) is 13.8 Å². The van der Waals surface area contributed by atoms with E-state index in [4.69, 9.17) is 5.26 Å². The highest BCUT2D eigenvalue weighted by Gasteiger charge is 2.03. The Balaban J connectivity index is 3.22. The Morgan fingerprint density at radius 2 is 2.23 bits per heavy atom. The first kappa shape index (κ1) is 9.47. The number of nitrogens with zero attached hydrogens (tertiary/aromatic N) is 1. The minimum Gasteiger partial charge on any atom is -0.206 e. The first-order valence-electron chi connectivity index (χ1n) is 4.02. The molecule has 0 aromatic heterocycles. The van der Waals surface area contributed by atoms with Crippen LogP contribution in [0.15, 0.2) is 24.3 Å². The van der Waals surface area contributed by atoms with E-state index in [0.29, 0.717) is 11.1 Å². The molecular weight excluding hydrogens is 165 g/mol. The summed E-state index contributed by atoms with van der Waals surface area (Å²) in [7, 11) is 0. The van der Waals surface area contributed by atoms with Crippen molar-refractivity contribution in [2.75, 3.05) is 0 Å². The summed E-state index contributed by atoms with van der Waals surface area (Å²) in [5, 5.41) is 8.52. The van der Waals surface area contributed by atoms with Crippen LogP contribution in [-0.4, -0.2) is 0 Å². The second kappa shape index (κ2) is 3.86. The Kier molecular flexibility index (Phi) is 2.81. The fourth-order valence-electron chi connectivity index (χ4n) is 1.06. The predicted molar refractivity (Wildman–Crippen MR) is 50.4 cm³/mol. The van der Waals surface area contributed by atoms with Gasteiger partial charge < -0.3 is 0 Å². The van der Waals surface area contributed by atoms with E-state index in [-0.39, 0.29) is 5.82 Å². The molecule has 2 heteroatoms. The molecule has 0 N–H and O–H groups in total. The Hall–Kier alpha value is -1.62. The molecule has 0 spiro atoms. The summed E-state index contributed by atoms with van der Waals surface area (Å²) < 4.78 is 13.3. The predicted octanol–water partition coefficient (Wildman–Crippen LogP) is 3.12. The average molecular weight is 175 g/mol. The molecule has 0 bridgehead atoms. The Labute approximate surface area is 77.1 Å². The molecule has 0 amide bonds. The zero-order chi connectivity index (χ0) is 9.84. The van der Waals surface area contributed by atoms with Crippen LogP contribution in [0, 0.1) is 17.1 Å². The van der Waals surface area contributed by atoms with Crippen molar-refractivity contribution >= 4 is 5.57 Å². The minimum atomic E-state index is -0.338. The maximum Gasteiger partial charge on any atom is 0.131 e. The van der Waals surface area contributed by atoms with Gasteiger partial charge in [-0.05, 0) is 31.6 Å². The van der Waals surface area contributed by atoms with Crippen molar-refractivity contribution in [3.8, 4) is 6.07 Å². The lowest BCUT2D eigenvalue weighted by Crippen LogP contribution is -1.87. The third-order valence-electron chi connectivity index (χ3n) is 1.96. The van der Waals surface area contributed by atoms with Crippen LogP contribution >= 0.6 is 0 Å². The Morgan fingerprint density at radius 3 is 2.69 bits per heavy atom. The normalized spacial score (nSPS) is 11.1.